The number of piperazine rings is 1. The lowest BCUT2D eigenvalue weighted by Crippen LogP contribution is -2.54. The van der Waals surface area contributed by atoms with E-state index < -0.39 is 10.0 Å². The van der Waals surface area contributed by atoms with Crippen LogP contribution in [-0.2, 0) is 10.0 Å². The van der Waals surface area contributed by atoms with Gasteiger partial charge in [-0.15, -0.1) is 0 Å². The topological polar surface area (TPSA) is 53.5 Å². The predicted molar refractivity (Wildman–Crippen MR) is 99.9 cm³/mol. The molecular weight excluding hydrogens is 346 g/mol. The third-order valence-corrected chi connectivity index (χ3v) is 7.43. The lowest BCUT2D eigenvalue weighted by atomic mass is 10.00. The standard InChI is InChI=1S/C20H24N3O2S/c1-16-15-22(20(17-7-8-17)18-9-11-21-12-10-18)13-14-23(16)26(24,25)19-5-3-2-4-6-19/h3-6,9-12,16-17,20H,7-8,13-15H2,1H3/t16-,20?/m1/s1. The van der Waals surface area contributed by atoms with Crippen LogP contribution in [0.2, 0.25) is 0 Å². The van der Waals surface area contributed by atoms with Gasteiger partial charge in [-0.3, -0.25) is 9.88 Å². The number of aromatic nitrogens is 1. The van der Waals surface area contributed by atoms with Crippen molar-refractivity contribution in [3.8, 4) is 0 Å². The summed E-state index contributed by atoms with van der Waals surface area (Å²) in [5, 5.41) is 0. The highest BCUT2D eigenvalue weighted by molar-refractivity contribution is 7.89. The van der Waals surface area contributed by atoms with Gasteiger partial charge in [0.05, 0.1) is 4.90 Å². The number of nitrogens with zero attached hydrogens (tertiary/aromatic N) is 3. The van der Waals surface area contributed by atoms with Crippen molar-refractivity contribution in [2.75, 3.05) is 19.6 Å². The highest BCUT2D eigenvalue weighted by Crippen LogP contribution is 2.45. The van der Waals surface area contributed by atoms with Crippen molar-refractivity contribution in [1.82, 2.24) is 14.2 Å². The molecule has 1 aliphatic carbocycles. The van der Waals surface area contributed by atoms with E-state index in [0.717, 1.165) is 13.1 Å². The molecule has 2 heterocycles. The van der Waals surface area contributed by atoms with Gasteiger partial charge in [0.25, 0.3) is 0 Å². The highest BCUT2D eigenvalue weighted by Gasteiger charge is 2.41. The third kappa shape index (κ3) is 3.41. The molecule has 0 amide bonds. The summed E-state index contributed by atoms with van der Waals surface area (Å²) in [5.41, 5.74) is 1.30. The van der Waals surface area contributed by atoms with Gasteiger partial charge < -0.3 is 0 Å². The quantitative estimate of drug-likeness (QED) is 0.812. The molecule has 26 heavy (non-hydrogen) atoms. The first kappa shape index (κ1) is 17.6. The van der Waals surface area contributed by atoms with Gasteiger partial charge in [-0.25, -0.2) is 8.42 Å². The monoisotopic (exact) mass is 370 g/mol. The van der Waals surface area contributed by atoms with Crippen LogP contribution in [0.4, 0.5) is 0 Å². The summed E-state index contributed by atoms with van der Waals surface area (Å²) in [6, 6.07) is 13.9. The first-order valence-corrected chi connectivity index (χ1v) is 10.6. The van der Waals surface area contributed by atoms with E-state index in [1.54, 1.807) is 28.6 Å². The molecule has 1 aliphatic heterocycles. The summed E-state index contributed by atoms with van der Waals surface area (Å²) >= 11 is 0. The van der Waals surface area contributed by atoms with Gasteiger partial charge in [0, 0.05) is 44.1 Å². The molecule has 1 unspecified atom stereocenters. The molecule has 5 nitrogen and oxygen atoms in total. The van der Waals surface area contributed by atoms with Crippen molar-refractivity contribution in [2.24, 2.45) is 5.92 Å². The molecule has 2 fully saturated rings. The number of hydrogen-bond donors (Lipinski definition) is 0. The van der Waals surface area contributed by atoms with Gasteiger partial charge in [0.1, 0.15) is 0 Å². The Morgan fingerprint density at radius 1 is 1.12 bits per heavy atom. The molecule has 1 saturated carbocycles. The molecule has 0 N–H and O–H groups in total. The van der Waals surface area contributed by atoms with Crippen molar-refractivity contribution in [3.05, 3.63) is 60.4 Å². The fourth-order valence-electron chi connectivity index (χ4n) is 4.01. The summed E-state index contributed by atoms with van der Waals surface area (Å²) in [6.07, 6.45) is 6.20. The average Bonchev–Trinajstić information content (AvgIpc) is 3.48. The lowest BCUT2D eigenvalue weighted by molar-refractivity contribution is 0.0912. The van der Waals surface area contributed by atoms with E-state index >= 15 is 0 Å². The van der Waals surface area contributed by atoms with E-state index in [4.69, 9.17) is 0 Å². The van der Waals surface area contributed by atoms with Gasteiger partial charge in [-0.05, 0) is 61.6 Å². The number of benzene rings is 1. The minimum atomic E-state index is -3.45. The van der Waals surface area contributed by atoms with Crippen molar-refractivity contribution in [3.63, 3.8) is 0 Å². The van der Waals surface area contributed by atoms with E-state index in [9.17, 15) is 8.42 Å². The molecule has 4 rings (SSSR count). The molecule has 137 valence electrons. The number of rotatable bonds is 5. The maximum atomic E-state index is 13.0. The van der Waals surface area contributed by atoms with E-state index in [1.165, 1.54) is 18.4 Å². The second-order valence-electron chi connectivity index (χ2n) is 7.26. The average molecular weight is 370 g/mol. The minimum absolute atomic E-state index is 0.0546. The molecule has 1 saturated heterocycles. The molecule has 1 aromatic carbocycles. The first-order chi connectivity index (χ1) is 12.6. The SMILES string of the molecule is C[C@@H]1CN(C(c2ccncc2)C2CC2)CCN1S(=O)(=O)c1cc[c]cc1. The zero-order valence-corrected chi connectivity index (χ0v) is 15.8. The van der Waals surface area contributed by atoms with Gasteiger partial charge in [-0.2, -0.15) is 4.31 Å². The number of hydrogen-bond acceptors (Lipinski definition) is 4. The first-order valence-electron chi connectivity index (χ1n) is 9.19. The van der Waals surface area contributed by atoms with Crippen LogP contribution >= 0.6 is 0 Å². The van der Waals surface area contributed by atoms with E-state index in [0.29, 0.717) is 23.4 Å². The maximum absolute atomic E-state index is 13.0. The number of pyridine rings is 1. The molecular formula is C20H24N3O2S. The van der Waals surface area contributed by atoms with Crippen LogP contribution in [0.25, 0.3) is 0 Å². The molecule has 0 bridgehead atoms. The Morgan fingerprint density at radius 2 is 1.81 bits per heavy atom. The van der Waals surface area contributed by atoms with Crippen LogP contribution < -0.4 is 0 Å². The van der Waals surface area contributed by atoms with Crippen LogP contribution in [0.5, 0.6) is 0 Å². The van der Waals surface area contributed by atoms with Crippen molar-refractivity contribution in [2.45, 2.75) is 36.7 Å². The Bertz CT molecular complexity index is 838. The number of sulfonamides is 1. The fourth-order valence-corrected chi connectivity index (χ4v) is 5.62. The van der Waals surface area contributed by atoms with E-state index in [-0.39, 0.29) is 6.04 Å². The van der Waals surface area contributed by atoms with Gasteiger partial charge in [0.2, 0.25) is 10.0 Å². The fraction of sp³-hybridized carbons (Fsp3) is 0.450. The third-order valence-electron chi connectivity index (χ3n) is 5.40. The maximum Gasteiger partial charge on any atom is 0.243 e. The summed E-state index contributed by atoms with van der Waals surface area (Å²) in [7, 11) is -3.45. The minimum Gasteiger partial charge on any atom is -0.293 e. The van der Waals surface area contributed by atoms with Crippen molar-refractivity contribution >= 4 is 10.0 Å². The second-order valence-corrected chi connectivity index (χ2v) is 9.15. The van der Waals surface area contributed by atoms with Gasteiger partial charge >= 0.3 is 0 Å². The van der Waals surface area contributed by atoms with Crippen LogP contribution in [0.3, 0.4) is 0 Å². The largest absolute Gasteiger partial charge is 0.293 e. The molecule has 1 aromatic heterocycles. The van der Waals surface area contributed by atoms with Crippen molar-refractivity contribution < 1.29 is 8.42 Å². The van der Waals surface area contributed by atoms with Crippen LogP contribution in [-0.4, -0.2) is 48.3 Å². The predicted octanol–water partition coefficient (Wildman–Crippen LogP) is 2.73. The van der Waals surface area contributed by atoms with Crippen LogP contribution in [0.15, 0.2) is 53.7 Å². The molecule has 2 aliphatic rings. The molecule has 6 heteroatoms. The second kappa shape index (κ2) is 7.10. The molecule has 1 radical (unpaired) electrons. The Morgan fingerprint density at radius 3 is 2.42 bits per heavy atom. The molecule has 0 spiro atoms. The summed E-state index contributed by atoms with van der Waals surface area (Å²) in [4.78, 5) is 6.95. The summed E-state index contributed by atoms with van der Waals surface area (Å²) < 4.78 is 27.6. The zero-order valence-electron chi connectivity index (χ0n) is 15.0. The van der Waals surface area contributed by atoms with E-state index in [2.05, 4.69) is 28.1 Å². The van der Waals surface area contributed by atoms with Crippen molar-refractivity contribution in [1.29, 1.82) is 0 Å². The highest BCUT2D eigenvalue weighted by atomic mass is 32.2. The van der Waals surface area contributed by atoms with Gasteiger partial charge in [0.15, 0.2) is 0 Å². The Hall–Kier alpha value is -1.76. The molecule has 2 atom stereocenters. The Balaban J connectivity index is 1.53. The van der Waals surface area contributed by atoms with Crippen LogP contribution in [0, 0.1) is 12.0 Å². The van der Waals surface area contributed by atoms with Gasteiger partial charge in [-0.1, -0.05) is 12.1 Å². The smallest absolute Gasteiger partial charge is 0.243 e. The Kier molecular flexibility index (Phi) is 4.82. The van der Waals surface area contributed by atoms with Crippen LogP contribution in [0.1, 0.15) is 31.4 Å². The zero-order chi connectivity index (χ0) is 18.1. The lowest BCUT2D eigenvalue weighted by Gasteiger charge is -2.42. The Labute approximate surface area is 155 Å². The normalized spacial score (nSPS) is 23.7. The summed E-state index contributed by atoms with van der Waals surface area (Å²) in [6.45, 7) is 4.04. The molecule has 2 aromatic rings. The van der Waals surface area contributed by atoms with E-state index in [1.807, 2.05) is 19.3 Å². The summed E-state index contributed by atoms with van der Waals surface area (Å²) in [5.74, 6) is 0.678.